The Balaban J connectivity index is 1.66. The number of esters is 1. The van der Waals surface area contributed by atoms with Crippen LogP contribution in [-0.2, 0) is 19.6 Å². The van der Waals surface area contributed by atoms with Crippen LogP contribution in [0.1, 0.15) is 28.8 Å². The molecule has 0 spiro atoms. The molecule has 0 bridgehead atoms. The molecule has 7 nitrogen and oxygen atoms in total. The number of rotatable bonds is 7. The summed E-state index contributed by atoms with van der Waals surface area (Å²) < 4.78 is 32.3. The SMILES string of the molecule is Cc1ccc(S(=O)(=O)NC2CC2)cc1C(=O)OCC(=O)Nc1cccc(Cl)c1Cl. The number of benzene rings is 2. The molecule has 1 amide bonds. The maximum Gasteiger partial charge on any atom is 0.338 e. The third kappa shape index (κ3) is 5.48. The van der Waals surface area contributed by atoms with Crippen molar-refractivity contribution in [2.75, 3.05) is 11.9 Å². The molecule has 3 rings (SSSR count). The van der Waals surface area contributed by atoms with E-state index < -0.39 is 28.5 Å². The second kappa shape index (κ2) is 8.71. The maximum absolute atomic E-state index is 12.4. The van der Waals surface area contributed by atoms with E-state index in [1.165, 1.54) is 18.2 Å². The summed E-state index contributed by atoms with van der Waals surface area (Å²) >= 11 is 11.9. The van der Waals surface area contributed by atoms with E-state index in [1.807, 2.05) is 0 Å². The van der Waals surface area contributed by atoms with Crippen molar-refractivity contribution in [2.24, 2.45) is 0 Å². The third-order valence-corrected chi connectivity index (χ3v) is 6.54. The molecule has 0 aliphatic heterocycles. The van der Waals surface area contributed by atoms with E-state index in [1.54, 1.807) is 25.1 Å². The Morgan fingerprint density at radius 3 is 2.59 bits per heavy atom. The number of aryl methyl sites for hydroxylation is 1. The number of hydrogen-bond acceptors (Lipinski definition) is 5. The summed E-state index contributed by atoms with van der Waals surface area (Å²) in [7, 11) is -3.71. The van der Waals surface area contributed by atoms with Gasteiger partial charge in [-0.25, -0.2) is 17.9 Å². The lowest BCUT2D eigenvalue weighted by Crippen LogP contribution is -2.26. The summed E-state index contributed by atoms with van der Waals surface area (Å²) in [5.41, 5.74) is 0.881. The van der Waals surface area contributed by atoms with Gasteiger partial charge in [-0.2, -0.15) is 0 Å². The van der Waals surface area contributed by atoms with E-state index in [0.29, 0.717) is 5.56 Å². The zero-order valence-electron chi connectivity index (χ0n) is 15.4. The van der Waals surface area contributed by atoms with Gasteiger partial charge in [0.15, 0.2) is 6.61 Å². The topological polar surface area (TPSA) is 102 Å². The van der Waals surface area contributed by atoms with Crippen molar-refractivity contribution in [3.63, 3.8) is 0 Å². The zero-order valence-corrected chi connectivity index (χ0v) is 17.7. The van der Waals surface area contributed by atoms with E-state index in [0.717, 1.165) is 12.8 Å². The van der Waals surface area contributed by atoms with Gasteiger partial charge in [0.25, 0.3) is 5.91 Å². The second-order valence-electron chi connectivity index (χ2n) is 6.60. The first kappa shape index (κ1) is 21.6. The molecule has 2 aromatic rings. The van der Waals surface area contributed by atoms with Crippen molar-refractivity contribution in [2.45, 2.75) is 30.7 Å². The lowest BCUT2D eigenvalue weighted by molar-refractivity contribution is -0.119. The van der Waals surface area contributed by atoms with Crippen molar-refractivity contribution in [3.05, 3.63) is 57.6 Å². The molecule has 2 aromatic carbocycles. The standard InChI is InChI=1S/C19H18Cl2N2O5S/c1-11-5-8-13(29(26,27)23-12-6-7-12)9-14(11)19(25)28-10-17(24)22-16-4-2-3-15(20)18(16)21/h2-5,8-9,12,23H,6-7,10H2,1H3,(H,22,24). The highest BCUT2D eigenvalue weighted by Gasteiger charge is 2.28. The van der Waals surface area contributed by atoms with Gasteiger partial charge < -0.3 is 10.1 Å². The smallest absolute Gasteiger partial charge is 0.338 e. The molecule has 1 fully saturated rings. The predicted molar refractivity (Wildman–Crippen MR) is 110 cm³/mol. The van der Waals surface area contributed by atoms with E-state index in [-0.39, 0.29) is 32.2 Å². The highest BCUT2D eigenvalue weighted by molar-refractivity contribution is 7.89. The lowest BCUT2D eigenvalue weighted by atomic mass is 10.1. The monoisotopic (exact) mass is 456 g/mol. The van der Waals surface area contributed by atoms with Crippen molar-refractivity contribution in [1.82, 2.24) is 4.72 Å². The number of carbonyl (C=O) groups excluding carboxylic acids is 2. The molecular formula is C19H18Cl2N2O5S. The van der Waals surface area contributed by atoms with Crippen molar-refractivity contribution in [1.29, 1.82) is 0 Å². The number of halogens is 2. The summed E-state index contributed by atoms with van der Waals surface area (Å²) in [5.74, 6) is -1.42. The molecule has 1 aliphatic rings. The number of carbonyl (C=O) groups is 2. The molecular weight excluding hydrogens is 439 g/mol. The van der Waals surface area contributed by atoms with Crippen LogP contribution in [0.4, 0.5) is 5.69 Å². The fourth-order valence-corrected chi connectivity index (χ4v) is 4.15. The minimum absolute atomic E-state index is 0.0305. The molecule has 10 heteroatoms. The number of amides is 1. The van der Waals surface area contributed by atoms with Crippen molar-refractivity contribution >= 4 is 50.8 Å². The van der Waals surface area contributed by atoms with Gasteiger partial charge in [0.2, 0.25) is 10.0 Å². The first-order valence-corrected chi connectivity index (χ1v) is 11.0. The van der Waals surface area contributed by atoms with Crippen LogP contribution >= 0.6 is 23.2 Å². The summed E-state index contributed by atoms with van der Waals surface area (Å²) in [4.78, 5) is 24.4. The summed E-state index contributed by atoms with van der Waals surface area (Å²) in [6.07, 6.45) is 1.59. The Bertz CT molecular complexity index is 1070. The molecule has 2 N–H and O–H groups in total. The Labute approximate surface area is 178 Å². The molecule has 1 saturated carbocycles. The highest BCUT2D eigenvalue weighted by atomic mass is 35.5. The van der Waals surface area contributed by atoms with Crippen LogP contribution < -0.4 is 10.0 Å². The Hall–Kier alpha value is -2.13. The predicted octanol–water partition coefficient (Wildman–Crippen LogP) is 3.54. The van der Waals surface area contributed by atoms with Gasteiger partial charge in [0, 0.05) is 6.04 Å². The normalized spacial score (nSPS) is 13.8. The third-order valence-electron chi connectivity index (χ3n) is 4.20. The van der Waals surface area contributed by atoms with Crippen LogP contribution in [0.25, 0.3) is 0 Å². The van der Waals surface area contributed by atoms with Gasteiger partial charge in [-0.15, -0.1) is 0 Å². The van der Waals surface area contributed by atoms with Gasteiger partial charge in [-0.1, -0.05) is 35.3 Å². The zero-order chi connectivity index (χ0) is 21.2. The van der Waals surface area contributed by atoms with Crippen LogP contribution in [0, 0.1) is 6.92 Å². The lowest BCUT2D eigenvalue weighted by Gasteiger charge is -2.11. The first-order valence-electron chi connectivity index (χ1n) is 8.71. The van der Waals surface area contributed by atoms with Crippen LogP contribution in [0.5, 0.6) is 0 Å². The van der Waals surface area contributed by atoms with E-state index in [2.05, 4.69) is 10.0 Å². The first-order chi connectivity index (χ1) is 13.7. The van der Waals surface area contributed by atoms with Crippen LogP contribution in [0.2, 0.25) is 10.0 Å². The van der Waals surface area contributed by atoms with Crippen LogP contribution in [0.3, 0.4) is 0 Å². The Morgan fingerprint density at radius 1 is 1.17 bits per heavy atom. The van der Waals surface area contributed by atoms with Gasteiger partial charge >= 0.3 is 5.97 Å². The molecule has 0 radical (unpaired) electrons. The van der Waals surface area contributed by atoms with Crippen LogP contribution in [-0.4, -0.2) is 32.9 Å². The summed E-state index contributed by atoms with van der Waals surface area (Å²) in [6.45, 7) is 1.07. The molecule has 154 valence electrons. The quantitative estimate of drug-likeness (QED) is 0.620. The maximum atomic E-state index is 12.4. The van der Waals surface area contributed by atoms with E-state index >= 15 is 0 Å². The number of anilines is 1. The molecule has 0 heterocycles. The van der Waals surface area contributed by atoms with Gasteiger partial charge in [0.1, 0.15) is 0 Å². The fraction of sp³-hybridized carbons (Fsp3) is 0.263. The molecule has 0 atom stereocenters. The van der Waals surface area contributed by atoms with E-state index in [9.17, 15) is 18.0 Å². The Morgan fingerprint density at radius 2 is 1.90 bits per heavy atom. The molecule has 29 heavy (non-hydrogen) atoms. The molecule has 0 aromatic heterocycles. The van der Waals surface area contributed by atoms with E-state index in [4.69, 9.17) is 27.9 Å². The Kier molecular flexibility index (Phi) is 6.48. The number of nitrogens with one attached hydrogen (secondary N) is 2. The highest BCUT2D eigenvalue weighted by Crippen LogP contribution is 2.29. The van der Waals surface area contributed by atoms with Crippen molar-refractivity contribution < 1.29 is 22.7 Å². The molecule has 1 aliphatic carbocycles. The van der Waals surface area contributed by atoms with Gasteiger partial charge in [-0.05, 0) is 49.6 Å². The fourth-order valence-electron chi connectivity index (χ4n) is 2.47. The summed E-state index contributed by atoms with van der Waals surface area (Å²) in [6, 6.07) is 8.86. The number of hydrogen-bond donors (Lipinski definition) is 2. The molecule has 0 saturated heterocycles. The largest absolute Gasteiger partial charge is 0.452 e. The average Bonchev–Trinajstić information content (AvgIpc) is 3.47. The minimum atomic E-state index is -3.71. The summed E-state index contributed by atoms with van der Waals surface area (Å²) in [5, 5.41) is 2.94. The van der Waals surface area contributed by atoms with Gasteiger partial charge in [0.05, 0.1) is 26.2 Å². The minimum Gasteiger partial charge on any atom is -0.452 e. The van der Waals surface area contributed by atoms with Crippen molar-refractivity contribution in [3.8, 4) is 0 Å². The number of sulfonamides is 1. The average molecular weight is 457 g/mol. The second-order valence-corrected chi connectivity index (χ2v) is 9.10. The van der Waals surface area contributed by atoms with Crippen LogP contribution in [0.15, 0.2) is 41.3 Å². The van der Waals surface area contributed by atoms with Gasteiger partial charge in [-0.3, -0.25) is 4.79 Å². The molecule has 0 unspecified atom stereocenters. The number of ether oxygens (including phenoxy) is 1.